The molecule has 132 valence electrons. The maximum atomic E-state index is 10.7. The fraction of sp³-hybridized carbons (Fsp3) is 0.136. The summed E-state index contributed by atoms with van der Waals surface area (Å²) in [7, 11) is 0. The van der Waals surface area contributed by atoms with Gasteiger partial charge in [-0.3, -0.25) is 4.79 Å². The molecule has 26 heavy (non-hydrogen) atoms. The van der Waals surface area contributed by atoms with Crippen LogP contribution in [0.4, 0.5) is 5.69 Å². The number of benzene rings is 3. The molecule has 3 rings (SSSR count). The number of anilines is 1. The number of carboxylic acids is 1. The summed E-state index contributed by atoms with van der Waals surface area (Å²) in [5.41, 5.74) is 3.25. The number of rotatable bonds is 8. The molecular weight excluding hydrogens is 342 g/mol. The minimum atomic E-state index is -0.806. The molecule has 0 unspecified atom stereocenters. The quantitative estimate of drug-likeness (QED) is 0.583. The number of carbonyl (C=O) groups is 1. The molecule has 3 aromatic carbocycles. The van der Waals surface area contributed by atoms with Crippen LogP contribution in [-0.4, -0.2) is 17.6 Å². The molecule has 0 aliphatic carbocycles. The van der Waals surface area contributed by atoms with Gasteiger partial charge in [0.25, 0.3) is 0 Å². The molecule has 0 heterocycles. The van der Waals surface area contributed by atoms with Gasteiger partial charge in [0.05, 0.1) is 6.42 Å². The third kappa shape index (κ3) is 5.67. The van der Waals surface area contributed by atoms with Crippen LogP contribution in [0.15, 0.2) is 88.7 Å². The van der Waals surface area contributed by atoms with Gasteiger partial charge < -0.3 is 10.4 Å². The fourth-order valence-corrected chi connectivity index (χ4v) is 3.53. The summed E-state index contributed by atoms with van der Waals surface area (Å²) in [4.78, 5) is 13.0. The molecule has 0 aliphatic heterocycles. The molecule has 0 saturated carbocycles. The Hall–Kier alpha value is -2.72. The van der Waals surface area contributed by atoms with E-state index < -0.39 is 5.97 Å². The van der Waals surface area contributed by atoms with Gasteiger partial charge in [-0.05, 0) is 47.9 Å². The van der Waals surface area contributed by atoms with Crippen LogP contribution in [0.3, 0.4) is 0 Å². The number of hydrogen-bond donors (Lipinski definition) is 2. The Bertz CT molecular complexity index is 848. The number of carboxylic acid groups (broad SMARTS) is 1. The van der Waals surface area contributed by atoms with Crippen molar-refractivity contribution in [1.29, 1.82) is 0 Å². The van der Waals surface area contributed by atoms with E-state index in [1.54, 1.807) is 11.8 Å². The average Bonchev–Trinajstić information content (AvgIpc) is 2.64. The second kappa shape index (κ2) is 9.11. The maximum Gasteiger partial charge on any atom is 0.307 e. The first-order chi connectivity index (χ1) is 12.7. The van der Waals surface area contributed by atoms with Crippen LogP contribution < -0.4 is 5.32 Å². The third-order valence-electron chi connectivity index (χ3n) is 3.93. The van der Waals surface area contributed by atoms with Gasteiger partial charge in [-0.1, -0.05) is 60.3 Å². The van der Waals surface area contributed by atoms with Crippen LogP contribution in [0.2, 0.25) is 0 Å². The van der Waals surface area contributed by atoms with E-state index in [9.17, 15) is 4.79 Å². The summed E-state index contributed by atoms with van der Waals surface area (Å²) in [6.45, 7) is 0.891. The number of nitrogens with one attached hydrogen (secondary N) is 1. The van der Waals surface area contributed by atoms with Crippen molar-refractivity contribution in [2.75, 3.05) is 11.9 Å². The van der Waals surface area contributed by atoms with E-state index in [0.29, 0.717) is 0 Å². The van der Waals surface area contributed by atoms with Crippen LogP contribution in [0.1, 0.15) is 11.1 Å². The molecule has 0 atom stereocenters. The smallest absolute Gasteiger partial charge is 0.307 e. The van der Waals surface area contributed by atoms with Crippen molar-refractivity contribution in [1.82, 2.24) is 0 Å². The van der Waals surface area contributed by atoms with Gasteiger partial charge in [0.2, 0.25) is 0 Å². The Balaban J connectivity index is 1.56. The second-order valence-electron chi connectivity index (χ2n) is 6.01. The Morgan fingerprint density at radius 1 is 0.846 bits per heavy atom. The topological polar surface area (TPSA) is 49.3 Å². The Kier molecular flexibility index (Phi) is 6.34. The summed E-state index contributed by atoms with van der Waals surface area (Å²) >= 11 is 1.67. The Morgan fingerprint density at radius 3 is 2.35 bits per heavy atom. The second-order valence-corrected chi connectivity index (χ2v) is 7.15. The Labute approximate surface area is 158 Å². The highest BCUT2D eigenvalue weighted by Gasteiger charge is 2.03. The van der Waals surface area contributed by atoms with Gasteiger partial charge in [0.1, 0.15) is 0 Å². The first-order valence-electron chi connectivity index (χ1n) is 8.55. The van der Waals surface area contributed by atoms with Gasteiger partial charge in [-0.15, -0.1) is 0 Å². The van der Waals surface area contributed by atoms with Crippen LogP contribution >= 0.6 is 11.8 Å². The predicted molar refractivity (Wildman–Crippen MR) is 107 cm³/mol. The maximum absolute atomic E-state index is 10.7. The van der Waals surface area contributed by atoms with E-state index in [-0.39, 0.29) is 6.42 Å². The largest absolute Gasteiger partial charge is 0.481 e. The van der Waals surface area contributed by atoms with Crippen molar-refractivity contribution in [3.05, 3.63) is 90.0 Å². The van der Waals surface area contributed by atoms with Crippen LogP contribution in [-0.2, 0) is 17.6 Å². The number of hydrogen-bond acceptors (Lipinski definition) is 3. The van der Waals surface area contributed by atoms with Gasteiger partial charge in [-0.2, -0.15) is 0 Å². The molecule has 0 bridgehead atoms. The zero-order valence-electron chi connectivity index (χ0n) is 14.4. The first-order valence-corrected chi connectivity index (χ1v) is 9.37. The molecule has 0 aliphatic rings. The summed E-state index contributed by atoms with van der Waals surface area (Å²) in [6, 6.07) is 26.5. The lowest BCUT2D eigenvalue weighted by molar-refractivity contribution is -0.136. The molecule has 3 aromatic rings. The van der Waals surface area contributed by atoms with E-state index in [4.69, 9.17) is 5.11 Å². The van der Waals surface area contributed by atoms with Crippen molar-refractivity contribution in [3.8, 4) is 0 Å². The van der Waals surface area contributed by atoms with Crippen molar-refractivity contribution in [2.24, 2.45) is 0 Å². The highest BCUT2D eigenvalue weighted by molar-refractivity contribution is 7.99. The molecule has 0 fully saturated rings. The molecule has 4 heteroatoms. The van der Waals surface area contributed by atoms with E-state index in [2.05, 4.69) is 47.8 Å². The SMILES string of the molecule is O=C(O)Cc1ccc(Sc2cccc(NCCc3ccccc3)c2)cc1. The minimum Gasteiger partial charge on any atom is -0.481 e. The fourth-order valence-electron chi connectivity index (χ4n) is 2.65. The first kappa shape index (κ1) is 18.1. The third-order valence-corrected chi connectivity index (χ3v) is 4.93. The lowest BCUT2D eigenvalue weighted by atomic mass is 10.1. The van der Waals surface area contributed by atoms with Crippen LogP contribution in [0.5, 0.6) is 0 Å². The van der Waals surface area contributed by atoms with Gasteiger partial charge in [-0.25, -0.2) is 0 Å². The van der Waals surface area contributed by atoms with Crippen LogP contribution in [0.25, 0.3) is 0 Å². The zero-order valence-corrected chi connectivity index (χ0v) is 15.2. The van der Waals surface area contributed by atoms with Crippen molar-refractivity contribution >= 4 is 23.4 Å². The van der Waals surface area contributed by atoms with Gasteiger partial charge in [0.15, 0.2) is 0 Å². The highest BCUT2D eigenvalue weighted by Crippen LogP contribution is 2.29. The lowest BCUT2D eigenvalue weighted by Crippen LogP contribution is -2.04. The summed E-state index contributed by atoms with van der Waals surface area (Å²) in [5.74, 6) is -0.806. The molecule has 0 spiro atoms. The highest BCUT2D eigenvalue weighted by atomic mass is 32.2. The van der Waals surface area contributed by atoms with Gasteiger partial charge >= 0.3 is 5.97 Å². The van der Waals surface area contributed by atoms with Crippen molar-refractivity contribution in [2.45, 2.75) is 22.6 Å². The van der Waals surface area contributed by atoms with Crippen LogP contribution in [0, 0.1) is 0 Å². The van der Waals surface area contributed by atoms with Gasteiger partial charge in [0, 0.05) is 22.0 Å². The molecule has 0 aromatic heterocycles. The van der Waals surface area contributed by atoms with E-state index in [1.807, 2.05) is 36.4 Å². The van der Waals surface area contributed by atoms with Crippen molar-refractivity contribution < 1.29 is 9.90 Å². The van der Waals surface area contributed by atoms with E-state index in [1.165, 1.54) is 5.56 Å². The summed E-state index contributed by atoms with van der Waals surface area (Å²) in [6.07, 6.45) is 1.05. The molecule has 2 N–H and O–H groups in total. The molecule has 0 saturated heterocycles. The molecule has 3 nitrogen and oxygen atoms in total. The minimum absolute atomic E-state index is 0.0613. The normalized spacial score (nSPS) is 10.5. The monoisotopic (exact) mass is 363 g/mol. The molecule has 0 radical (unpaired) electrons. The summed E-state index contributed by atoms with van der Waals surface area (Å²) in [5, 5.41) is 12.3. The van der Waals surface area contributed by atoms with E-state index >= 15 is 0 Å². The molecule has 0 amide bonds. The standard InChI is InChI=1S/C22H21NO2S/c24-22(25)15-18-9-11-20(12-10-18)26-21-8-4-7-19(16-21)23-14-13-17-5-2-1-3-6-17/h1-12,16,23H,13-15H2,(H,24,25). The Morgan fingerprint density at radius 2 is 1.62 bits per heavy atom. The zero-order chi connectivity index (χ0) is 18.2. The molecular formula is C22H21NO2S. The number of aliphatic carboxylic acids is 1. The van der Waals surface area contributed by atoms with Crippen molar-refractivity contribution in [3.63, 3.8) is 0 Å². The summed E-state index contributed by atoms with van der Waals surface area (Å²) < 4.78 is 0. The average molecular weight is 363 g/mol. The van der Waals surface area contributed by atoms with E-state index in [0.717, 1.165) is 34.0 Å². The lowest BCUT2D eigenvalue weighted by Gasteiger charge is -2.09. The predicted octanol–water partition coefficient (Wildman–Crippen LogP) is 5.12.